The summed E-state index contributed by atoms with van der Waals surface area (Å²) >= 11 is 0. The molecule has 0 bridgehead atoms. The Hall–Kier alpha value is 2.41. The third kappa shape index (κ3) is 191. The summed E-state index contributed by atoms with van der Waals surface area (Å²) in [5, 5.41) is 0. The standard InChI is InChI=1S/3C4H9.Al.4ClH.Ti/c3*1-3-4-2;;;;;;/h3*1,3-4H2,2H3;;4*1H;/q3*-1;+3;;;;;+4/p-4. The van der Waals surface area contributed by atoms with Crippen molar-refractivity contribution in [2.24, 2.45) is 0 Å². The van der Waals surface area contributed by atoms with E-state index in [-0.39, 0.29) is 88.7 Å². The number of unbranched alkanes of at least 4 members (excludes halogenated alkanes) is 3. The molecule has 0 aliphatic rings. The van der Waals surface area contributed by atoms with Crippen LogP contribution in [-0.4, -0.2) is 17.4 Å². The Morgan fingerprint density at radius 1 is 0.556 bits per heavy atom. The molecule has 0 fully saturated rings. The van der Waals surface area contributed by atoms with Crippen molar-refractivity contribution in [2.45, 2.75) is 59.3 Å². The van der Waals surface area contributed by atoms with E-state index in [4.69, 9.17) is 0 Å². The summed E-state index contributed by atoms with van der Waals surface area (Å²) in [6.07, 6.45) is 6.83. The Labute approximate surface area is 167 Å². The van der Waals surface area contributed by atoms with E-state index >= 15 is 0 Å². The van der Waals surface area contributed by atoms with Gasteiger partial charge < -0.3 is 70.4 Å². The monoisotopic (exact) mass is 386 g/mol. The Balaban J connectivity index is -0.00000000827. The predicted molar refractivity (Wildman–Crippen MR) is 66.5 cm³/mol. The minimum atomic E-state index is 0. The molecular formula is C12H27AlCl4Ti. The summed E-state index contributed by atoms with van der Waals surface area (Å²) in [4.78, 5) is 0. The molecule has 0 aliphatic carbocycles. The first-order valence-electron chi connectivity index (χ1n) is 5.12. The molecule has 18 heavy (non-hydrogen) atoms. The second kappa shape index (κ2) is 93.0. The van der Waals surface area contributed by atoms with Crippen molar-refractivity contribution in [3.8, 4) is 0 Å². The van der Waals surface area contributed by atoms with Crippen molar-refractivity contribution >= 4 is 17.4 Å². The van der Waals surface area contributed by atoms with Crippen molar-refractivity contribution in [2.75, 3.05) is 0 Å². The smallest absolute Gasteiger partial charge is 1.00 e. The zero-order valence-electron chi connectivity index (χ0n) is 12.0. The molecule has 0 aromatic carbocycles. The summed E-state index contributed by atoms with van der Waals surface area (Å²) < 4.78 is 0. The molecule has 0 nitrogen and oxygen atoms in total. The zero-order valence-corrected chi connectivity index (χ0v) is 17.7. The Morgan fingerprint density at radius 3 is 0.611 bits per heavy atom. The van der Waals surface area contributed by atoms with Gasteiger partial charge in [0.15, 0.2) is 0 Å². The molecule has 110 valence electrons. The largest absolute Gasteiger partial charge is 4.00 e. The molecule has 0 rings (SSSR count). The number of rotatable bonds is 3. The van der Waals surface area contributed by atoms with Crippen molar-refractivity contribution in [3.05, 3.63) is 20.8 Å². The van der Waals surface area contributed by atoms with E-state index in [1.165, 1.54) is 19.3 Å². The fraction of sp³-hybridized carbons (Fsp3) is 0.750. The second-order valence-electron chi connectivity index (χ2n) is 2.56. The molecule has 0 saturated heterocycles. The van der Waals surface area contributed by atoms with Crippen LogP contribution in [0.5, 0.6) is 0 Å². The molecule has 0 atom stereocenters. The van der Waals surface area contributed by atoms with Gasteiger partial charge in [-0.1, -0.05) is 40.0 Å². The van der Waals surface area contributed by atoms with Gasteiger partial charge in [0.25, 0.3) is 0 Å². The maximum absolute atomic E-state index is 3.60. The van der Waals surface area contributed by atoms with Crippen LogP contribution in [0.1, 0.15) is 59.3 Å². The maximum Gasteiger partial charge on any atom is 4.00 e. The molecule has 0 spiro atoms. The van der Waals surface area contributed by atoms with E-state index < -0.39 is 0 Å². The predicted octanol–water partition coefficient (Wildman–Crippen LogP) is -7.51. The average molecular weight is 388 g/mol. The van der Waals surface area contributed by atoms with Crippen LogP contribution in [0, 0.1) is 20.8 Å². The van der Waals surface area contributed by atoms with Crippen LogP contribution in [0.25, 0.3) is 0 Å². The molecule has 0 amide bonds. The van der Waals surface area contributed by atoms with E-state index in [9.17, 15) is 0 Å². The van der Waals surface area contributed by atoms with Crippen molar-refractivity contribution in [3.63, 3.8) is 0 Å². The Kier molecular flexibility index (Phi) is 305. The molecule has 0 aliphatic heterocycles. The maximum atomic E-state index is 3.60. The quantitative estimate of drug-likeness (QED) is 0.333. The summed E-state index contributed by atoms with van der Waals surface area (Å²) in [6.45, 7) is 17.2. The average Bonchev–Trinajstić information content (AvgIpc) is 2.18. The fourth-order valence-corrected chi connectivity index (χ4v) is 0. The van der Waals surface area contributed by atoms with Gasteiger partial charge in [-0.2, -0.15) is 19.3 Å². The van der Waals surface area contributed by atoms with Crippen LogP contribution in [0.3, 0.4) is 0 Å². The Morgan fingerprint density at radius 2 is 0.611 bits per heavy atom. The van der Waals surface area contributed by atoms with Crippen LogP contribution in [0.2, 0.25) is 0 Å². The van der Waals surface area contributed by atoms with E-state index in [0.717, 1.165) is 19.3 Å². The van der Waals surface area contributed by atoms with Crippen molar-refractivity contribution in [1.82, 2.24) is 0 Å². The molecular weight excluding hydrogens is 361 g/mol. The molecule has 0 saturated carbocycles. The molecule has 0 radical (unpaired) electrons. The summed E-state index contributed by atoms with van der Waals surface area (Å²) in [5.41, 5.74) is 0. The van der Waals surface area contributed by atoms with Gasteiger partial charge >= 0.3 is 39.1 Å². The van der Waals surface area contributed by atoms with Crippen LogP contribution in [-0.2, 0) is 21.7 Å². The van der Waals surface area contributed by atoms with Crippen LogP contribution >= 0.6 is 0 Å². The van der Waals surface area contributed by atoms with Gasteiger partial charge in [0, 0.05) is 0 Å². The first kappa shape index (κ1) is 59.1. The van der Waals surface area contributed by atoms with E-state index in [1.54, 1.807) is 0 Å². The third-order valence-corrected chi connectivity index (χ3v) is 1.06. The van der Waals surface area contributed by atoms with Gasteiger partial charge in [0.05, 0.1) is 0 Å². The molecule has 0 aromatic rings. The second-order valence-corrected chi connectivity index (χ2v) is 2.56. The van der Waals surface area contributed by atoms with Gasteiger partial charge in [0.2, 0.25) is 0 Å². The number of halogens is 4. The zero-order chi connectivity index (χ0) is 10.2. The summed E-state index contributed by atoms with van der Waals surface area (Å²) in [5.74, 6) is 0. The molecule has 6 heteroatoms. The van der Waals surface area contributed by atoms with Crippen molar-refractivity contribution < 1.29 is 71.3 Å². The van der Waals surface area contributed by atoms with Crippen LogP contribution < -0.4 is 49.6 Å². The van der Waals surface area contributed by atoms with Gasteiger partial charge in [-0.15, -0.1) is 0 Å². The summed E-state index contributed by atoms with van der Waals surface area (Å²) in [6, 6.07) is 0. The summed E-state index contributed by atoms with van der Waals surface area (Å²) in [7, 11) is 0. The first-order valence-corrected chi connectivity index (χ1v) is 5.12. The Bertz CT molecular complexity index is 39.5. The van der Waals surface area contributed by atoms with Crippen LogP contribution in [0.4, 0.5) is 0 Å². The molecule has 0 heterocycles. The minimum Gasteiger partial charge on any atom is -1.00 e. The van der Waals surface area contributed by atoms with Gasteiger partial charge in [-0.3, -0.25) is 0 Å². The SMILES string of the molecule is [Al+3].[CH2-]CCC.[CH2-]CCC.[CH2-]CCC.[Cl-].[Cl-].[Cl-].[Cl-].[Ti+4]. The van der Waals surface area contributed by atoms with E-state index in [2.05, 4.69) is 41.5 Å². The molecule has 0 N–H and O–H groups in total. The van der Waals surface area contributed by atoms with Crippen LogP contribution in [0.15, 0.2) is 0 Å². The van der Waals surface area contributed by atoms with Crippen molar-refractivity contribution in [1.29, 1.82) is 0 Å². The normalized spacial score (nSPS) is 5.00. The van der Waals surface area contributed by atoms with Gasteiger partial charge in [-0.25, -0.2) is 0 Å². The van der Waals surface area contributed by atoms with Gasteiger partial charge in [-0.05, 0) is 0 Å². The minimum absolute atomic E-state index is 0. The fourth-order valence-electron chi connectivity index (χ4n) is 0. The molecule has 0 aromatic heterocycles. The topological polar surface area (TPSA) is 0 Å². The van der Waals surface area contributed by atoms with Gasteiger partial charge in [0.1, 0.15) is 0 Å². The number of hydrogen-bond donors (Lipinski definition) is 0. The van der Waals surface area contributed by atoms with E-state index in [0.29, 0.717) is 0 Å². The molecule has 0 unspecified atom stereocenters. The first-order chi connectivity index (χ1) is 5.74. The van der Waals surface area contributed by atoms with E-state index in [1.807, 2.05) is 0 Å². The third-order valence-electron chi connectivity index (χ3n) is 1.06. The number of hydrogen-bond acceptors (Lipinski definition) is 0.